The summed E-state index contributed by atoms with van der Waals surface area (Å²) in [6.07, 6.45) is 1.40. The average Bonchev–Trinajstić information content (AvgIpc) is 2.76. The molecule has 1 aromatic heterocycles. The Morgan fingerprint density at radius 2 is 2.00 bits per heavy atom. The number of benzene rings is 1. The van der Waals surface area contributed by atoms with Crippen molar-refractivity contribution in [1.29, 1.82) is 0 Å². The molecule has 2 heterocycles. The van der Waals surface area contributed by atoms with Crippen molar-refractivity contribution in [2.75, 3.05) is 33.3 Å². The number of fused-ring (bicyclic) bond motifs is 1. The number of piperidine rings is 1. The van der Waals surface area contributed by atoms with Gasteiger partial charge in [0.1, 0.15) is 12.4 Å². The molecular weight excluding hydrogens is 400 g/mol. The van der Waals surface area contributed by atoms with E-state index in [1.54, 1.807) is 43.0 Å². The molecule has 9 nitrogen and oxygen atoms in total. The van der Waals surface area contributed by atoms with Crippen LogP contribution in [-0.2, 0) is 25.7 Å². The Morgan fingerprint density at radius 1 is 1.26 bits per heavy atom. The van der Waals surface area contributed by atoms with Crippen LogP contribution < -0.4 is 5.56 Å². The summed E-state index contributed by atoms with van der Waals surface area (Å²) >= 11 is 0. The number of nitrogens with zero attached hydrogens (tertiary/aromatic N) is 4. The number of para-hydroxylation sites is 1. The van der Waals surface area contributed by atoms with E-state index in [2.05, 4.69) is 4.98 Å². The fraction of sp³-hybridized carbons (Fsp3) is 0.500. The highest BCUT2D eigenvalue weighted by atomic mass is 16.5. The van der Waals surface area contributed by atoms with Crippen molar-refractivity contribution < 1.29 is 19.1 Å². The highest BCUT2D eigenvalue weighted by molar-refractivity contribution is 5.85. The van der Waals surface area contributed by atoms with E-state index < -0.39 is 0 Å². The number of esters is 1. The first kappa shape index (κ1) is 22.5. The highest BCUT2D eigenvalue weighted by Gasteiger charge is 2.30. The molecule has 0 spiro atoms. The zero-order valence-electron chi connectivity index (χ0n) is 18.2. The fourth-order valence-electron chi connectivity index (χ4n) is 3.77. The maximum atomic E-state index is 12.8. The van der Waals surface area contributed by atoms with Gasteiger partial charge in [-0.1, -0.05) is 12.1 Å². The van der Waals surface area contributed by atoms with E-state index in [4.69, 9.17) is 4.74 Å². The predicted molar refractivity (Wildman–Crippen MR) is 114 cm³/mol. The van der Waals surface area contributed by atoms with Gasteiger partial charge < -0.3 is 14.5 Å². The van der Waals surface area contributed by atoms with E-state index in [9.17, 15) is 19.2 Å². The van der Waals surface area contributed by atoms with Gasteiger partial charge in [0.25, 0.3) is 5.56 Å². The quantitative estimate of drug-likeness (QED) is 0.636. The summed E-state index contributed by atoms with van der Waals surface area (Å²) in [5, 5.41) is 0.443. The number of hydrogen-bond donors (Lipinski definition) is 0. The number of carbonyl (C=O) groups is 3. The van der Waals surface area contributed by atoms with E-state index in [-0.39, 0.29) is 42.4 Å². The molecule has 1 saturated heterocycles. The zero-order valence-corrected chi connectivity index (χ0v) is 18.2. The summed E-state index contributed by atoms with van der Waals surface area (Å²) in [5.74, 6) is -0.781. The molecule has 0 saturated carbocycles. The molecule has 0 N–H and O–H groups in total. The summed E-state index contributed by atoms with van der Waals surface area (Å²) in [6.45, 7) is 4.26. The Hall–Kier alpha value is -3.23. The summed E-state index contributed by atoms with van der Waals surface area (Å²) in [6, 6.07) is 6.98. The number of ether oxygens (including phenoxy) is 1. The Bertz CT molecular complexity index is 1050. The molecule has 0 radical (unpaired) electrons. The third kappa shape index (κ3) is 5.10. The van der Waals surface area contributed by atoms with Crippen LogP contribution in [0.4, 0.5) is 0 Å². The van der Waals surface area contributed by atoms with Gasteiger partial charge in [0.2, 0.25) is 11.8 Å². The van der Waals surface area contributed by atoms with Crippen molar-refractivity contribution in [3.8, 4) is 0 Å². The molecule has 1 aliphatic rings. The molecule has 1 unspecified atom stereocenters. The van der Waals surface area contributed by atoms with Crippen LogP contribution in [-0.4, -0.2) is 70.4 Å². The Labute approximate surface area is 180 Å². The van der Waals surface area contributed by atoms with Crippen LogP contribution in [0.5, 0.6) is 0 Å². The van der Waals surface area contributed by atoms with Gasteiger partial charge >= 0.3 is 5.97 Å². The highest BCUT2D eigenvalue weighted by Crippen LogP contribution is 2.18. The molecule has 1 fully saturated rings. The molecule has 9 heteroatoms. The first-order chi connectivity index (χ1) is 14.8. The molecule has 1 atom stereocenters. The number of rotatable bonds is 6. The second-order valence-electron chi connectivity index (χ2n) is 7.75. The molecule has 1 aliphatic heterocycles. The van der Waals surface area contributed by atoms with Crippen molar-refractivity contribution in [2.24, 2.45) is 5.92 Å². The van der Waals surface area contributed by atoms with Crippen LogP contribution in [0.25, 0.3) is 10.9 Å². The van der Waals surface area contributed by atoms with Crippen LogP contribution in [0.15, 0.2) is 29.1 Å². The predicted octanol–water partition coefficient (Wildman–Crippen LogP) is 0.965. The number of hydrogen-bond acceptors (Lipinski definition) is 6. The van der Waals surface area contributed by atoms with Gasteiger partial charge in [-0.05, 0) is 38.8 Å². The average molecular weight is 428 g/mol. The molecule has 31 heavy (non-hydrogen) atoms. The smallest absolute Gasteiger partial charge is 0.310 e. The lowest BCUT2D eigenvalue weighted by atomic mass is 9.98. The summed E-state index contributed by atoms with van der Waals surface area (Å²) in [7, 11) is 1.53. The Kier molecular flexibility index (Phi) is 7.04. The topological polar surface area (TPSA) is 102 Å². The van der Waals surface area contributed by atoms with Crippen LogP contribution in [0.3, 0.4) is 0 Å². The minimum Gasteiger partial charge on any atom is -0.466 e. The fourth-order valence-corrected chi connectivity index (χ4v) is 3.77. The molecular formula is C22H28N4O5. The maximum Gasteiger partial charge on any atom is 0.310 e. The summed E-state index contributed by atoms with van der Waals surface area (Å²) in [5.41, 5.74) is 0.294. The van der Waals surface area contributed by atoms with E-state index in [0.29, 0.717) is 49.3 Å². The van der Waals surface area contributed by atoms with E-state index in [1.165, 1.54) is 16.5 Å². The summed E-state index contributed by atoms with van der Waals surface area (Å²) in [4.78, 5) is 57.5. The SMILES string of the molecule is CCOC(=O)C1CCCN(C(=O)CN(C)C(=O)Cn2c(C)nc3ccccc3c2=O)C1. The first-order valence-corrected chi connectivity index (χ1v) is 10.5. The van der Waals surface area contributed by atoms with Crippen molar-refractivity contribution in [1.82, 2.24) is 19.4 Å². The molecule has 3 rings (SSSR count). The largest absolute Gasteiger partial charge is 0.466 e. The van der Waals surface area contributed by atoms with Gasteiger partial charge in [-0.3, -0.25) is 23.7 Å². The van der Waals surface area contributed by atoms with Gasteiger partial charge in [0.15, 0.2) is 0 Å². The van der Waals surface area contributed by atoms with Gasteiger partial charge in [-0.15, -0.1) is 0 Å². The van der Waals surface area contributed by atoms with Gasteiger partial charge in [-0.25, -0.2) is 4.98 Å². The number of likely N-dealkylation sites (tertiary alicyclic amines) is 1. The van der Waals surface area contributed by atoms with Crippen molar-refractivity contribution in [2.45, 2.75) is 33.2 Å². The molecule has 0 bridgehead atoms. The number of amides is 2. The van der Waals surface area contributed by atoms with Gasteiger partial charge in [0, 0.05) is 20.1 Å². The van der Waals surface area contributed by atoms with Crippen molar-refractivity contribution >= 4 is 28.7 Å². The van der Waals surface area contributed by atoms with E-state index in [0.717, 1.165) is 0 Å². The molecule has 166 valence electrons. The van der Waals surface area contributed by atoms with Crippen LogP contribution in [0.1, 0.15) is 25.6 Å². The number of aryl methyl sites for hydroxylation is 1. The standard InChI is InChI=1S/C22H28N4O5/c1-4-31-22(30)16-8-7-11-25(12-16)20(28)13-24(3)19(27)14-26-15(2)23-18-10-6-5-9-17(18)21(26)29/h5-6,9-10,16H,4,7-8,11-14H2,1-3H3. The van der Waals surface area contributed by atoms with Crippen LogP contribution in [0, 0.1) is 12.8 Å². The first-order valence-electron chi connectivity index (χ1n) is 10.5. The van der Waals surface area contributed by atoms with Crippen LogP contribution >= 0.6 is 0 Å². The molecule has 2 amide bonds. The van der Waals surface area contributed by atoms with Gasteiger partial charge in [-0.2, -0.15) is 0 Å². The Morgan fingerprint density at radius 3 is 2.74 bits per heavy atom. The molecule has 2 aromatic rings. The van der Waals surface area contributed by atoms with Crippen molar-refractivity contribution in [3.63, 3.8) is 0 Å². The lowest BCUT2D eigenvalue weighted by Crippen LogP contribution is -2.47. The van der Waals surface area contributed by atoms with E-state index in [1.807, 2.05) is 0 Å². The molecule has 0 aliphatic carbocycles. The second-order valence-corrected chi connectivity index (χ2v) is 7.75. The molecule has 1 aromatic carbocycles. The monoisotopic (exact) mass is 428 g/mol. The van der Waals surface area contributed by atoms with Crippen molar-refractivity contribution in [3.05, 3.63) is 40.4 Å². The minimum absolute atomic E-state index is 0.122. The summed E-state index contributed by atoms with van der Waals surface area (Å²) < 4.78 is 6.39. The minimum atomic E-state index is -0.366. The number of likely N-dealkylation sites (N-methyl/N-ethyl adjacent to an activating group) is 1. The zero-order chi connectivity index (χ0) is 22.5. The number of aromatic nitrogens is 2. The second kappa shape index (κ2) is 9.72. The van der Waals surface area contributed by atoms with Gasteiger partial charge in [0.05, 0.1) is 30.0 Å². The van der Waals surface area contributed by atoms with E-state index >= 15 is 0 Å². The third-order valence-electron chi connectivity index (χ3n) is 5.54. The normalized spacial score (nSPS) is 16.2. The lowest BCUT2D eigenvalue weighted by molar-refractivity contribution is -0.152. The Balaban J connectivity index is 1.64. The van der Waals surface area contributed by atoms with Crippen LogP contribution in [0.2, 0.25) is 0 Å². The third-order valence-corrected chi connectivity index (χ3v) is 5.54. The maximum absolute atomic E-state index is 12.8. The lowest BCUT2D eigenvalue weighted by Gasteiger charge is -2.32. The number of carbonyl (C=O) groups excluding carboxylic acids is 3.